The van der Waals surface area contributed by atoms with Gasteiger partial charge in [0.15, 0.2) is 11.9 Å². The number of nitrogens with one attached hydrogen (secondary N) is 1. The highest BCUT2D eigenvalue weighted by atomic mass is 19.1. The third kappa shape index (κ3) is 2.87. The molecule has 8 heteroatoms. The predicted molar refractivity (Wildman–Crippen MR) is 97.0 cm³/mol. The van der Waals surface area contributed by atoms with Crippen LogP contribution in [0.15, 0.2) is 30.3 Å². The number of halogens is 1. The molecule has 0 aromatic heterocycles. The fourth-order valence-corrected chi connectivity index (χ4v) is 3.57. The van der Waals surface area contributed by atoms with Crippen LogP contribution in [0, 0.1) is 5.82 Å². The molecule has 0 fully saturated rings. The lowest BCUT2D eigenvalue weighted by atomic mass is 9.93. The minimum absolute atomic E-state index is 0.0128. The Morgan fingerprint density at radius 3 is 2.75 bits per heavy atom. The Labute approximate surface area is 159 Å². The van der Waals surface area contributed by atoms with E-state index in [1.807, 2.05) is 0 Å². The molecule has 4 rings (SSSR count). The van der Waals surface area contributed by atoms with Crippen LogP contribution in [-0.4, -0.2) is 40.4 Å². The molecule has 7 nitrogen and oxygen atoms in total. The van der Waals surface area contributed by atoms with Gasteiger partial charge in [0.05, 0.1) is 16.8 Å². The first-order chi connectivity index (χ1) is 13.4. The van der Waals surface area contributed by atoms with Gasteiger partial charge in [0, 0.05) is 13.1 Å². The number of hydrogen-bond donors (Lipinski definition) is 2. The van der Waals surface area contributed by atoms with Gasteiger partial charge >= 0.3 is 5.97 Å². The lowest BCUT2D eigenvalue weighted by Crippen LogP contribution is -2.39. The van der Waals surface area contributed by atoms with Gasteiger partial charge in [-0.25, -0.2) is 9.18 Å². The molecule has 0 saturated heterocycles. The number of fused-ring (bicyclic) bond motifs is 2. The number of ether oxygens (including phenoxy) is 1. The van der Waals surface area contributed by atoms with Crippen molar-refractivity contribution >= 4 is 23.5 Å². The first-order valence-corrected chi connectivity index (χ1v) is 8.80. The van der Waals surface area contributed by atoms with Gasteiger partial charge in [-0.1, -0.05) is 6.07 Å². The number of rotatable bonds is 2. The van der Waals surface area contributed by atoms with Crippen LogP contribution in [0.3, 0.4) is 0 Å². The van der Waals surface area contributed by atoms with E-state index in [-0.39, 0.29) is 48.2 Å². The number of amides is 2. The number of carbonyl (C=O) groups is 3. The molecule has 2 N–H and O–H groups in total. The Morgan fingerprint density at radius 2 is 2.00 bits per heavy atom. The molecular weight excluding hydrogens is 367 g/mol. The number of carbonyl (C=O) groups excluding carboxylic acids is 2. The zero-order valence-corrected chi connectivity index (χ0v) is 15.0. The molecule has 0 bridgehead atoms. The molecule has 0 radical (unpaired) electrons. The van der Waals surface area contributed by atoms with Crippen molar-refractivity contribution in [3.8, 4) is 5.75 Å². The smallest absolute Gasteiger partial charge is 0.336 e. The fraction of sp³-hybridized carbons (Fsp3) is 0.250. The number of aromatic carboxylic acids is 1. The fourth-order valence-electron chi connectivity index (χ4n) is 3.57. The molecule has 28 heavy (non-hydrogen) atoms. The average molecular weight is 384 g/mol. The monoisotopic (exact) mass is 384 g/mol. The van der Waals surface area contributed by atoms with Gasteiger partial charge in [-0.15, -0.1) is 0 Å². The molecule has 0 saturated carbocycles. The van der Waals surface area contributed by atoms with Gasteiger partial charge in [0.1, 0.15) is 5.82 Å². The van der Waals surface area contributed by atoms with Crippen LogP contribution < -0.4 is 10.1 Å². The molecule has 2 aromatic rings. The van der Waals surface area contributed by atoms with Gasteiger partial charge in [-0.2, -0.15) is 0 Å². The Bertz CT molecular complexity index is 1020. The van der Waals surface area contributed by atoms with Crippen molar-refractivity contribution in [1.82, 2.24) is 4.90 Å². The summed E-state index contributed by atoms with van der Waals surface area (Å²) in [5, 5.41) is 12.1. The van der Waals surface area contributed by atoms with Crippen LogP contribution in [-0.2, 0) is 17.8 Å². The first-order valence-electron chi connectivity index (χ1n) is 8.80. The molecule has 1 atom stereocenters. The summed E-state index contributed by atoms with van der Waals surface area (Å²) in [4.78, 5) is 37.9. The summed E-state index contributed by atoms with van der Waals surface area (Å²) in [7, 11) is 0. The van der Waals surface area contributed by atoms with Gasteiger partial charge in [0.2, 0.25) is 0 Å². The zero-order valence-electron chi connectivity index (χ0n) is 15.0. The lowest BCUT2D eigenvalue weighted by molar-refractivity contribution is -0.122. The number of para-hydroxylation sites is 1. The van der Waals surface area contributed by atoms with E-state index < -0.39 is 17.9 Å². The Morgan fingerprint density at radius 1 is 1.21 bits per heavy atom. The maximum absolute atomic E-state index is 14.1. The van der Waals surface area contributed by atoms with E-state index in [1.54, 1.807) is 25.1 Å². The Balaban J connectivity index is 1.69. The van der Waals surface area contributed by atoms with Crippen LogP contribution in [0.25, 0.3) is 0 Å². The lowest BCUT2D eigenvalue weighted by Gasteiger charge is -2.31. The normalized spacial score (nSPS) is 17.9. The second-order valence-corrected chi connectivity index (χ2v) is 6.77. The topological polar surface area (TPSA) is 95.9 Å². The number of benzene rings is 2. The molecule has 1 unspecified atom stereocenters. The number of anilines is 1. The van der Waals surface area contributed by atoms with Gasteiger partial charge < -0.3 is 20.1 Å². The second-order valence-electron chi connectivity index (χ2n) is 6.77. The molecule has 144 valence electrons. The molecule has 2 amide bonds. The van der Waals surface area contributed by atoms with Gasteiger partial charge in [0.25, 0.3) is 11.8 Å². The van der Waals surface area contributed by atoms with Crippen LogP contribution in [0.1, 0.15) is 38.8 Å². The summed E-state index contributed by atoms with van der Waals surface area (Å²) >= 11 is 0. The third-order valence-electron chi connectivity index (χ3n) is 5.04. The SMILES string of the molecule is CC1Oc2c(cccc2C(=O)N2CCc3c(F)ccc(C(=O)O)c3C2)NC1=O. The maximum atomic E-state index is 14.1. The van der Waals surface area contributed by atoms with Crippen LogP contribution >= 0.6 is 0 Å². The Kier molecular flexibility index (Phi) is 4.26. The van der Waals surface area contributed by atoms with E-state index in [4.69, 9.17) is 4.74 Å². The first kappa shape index (κ1) is 18.0. The highest BCUT2D eigenvalue weighted by Gasteiger charge is 2.32. The summed E-state index contributed by atoms with van der Waals surface area (Å²) in [5.74, 6) is -2.02. The molecule has 2 aromatic carbocycles. The van der Waals surface area contributed by atoms with Crippen molar-refractivity contribution in [3.05, 3.63) is 58.4 Å². The molecule has 0 aliphatic carbocycles. The molecule has 2 heterocycles. The minimum atomic E-state index is -1.16. The van der Waals surface area contributed by atoms with Crippen molar-refractivity contribution in [2.24, 2.45) is 0 Å². The molecule has 2 aliphatic heterocycles. The van der Waals surface area contributed by atoms with E-state index in [0.29, 0.717) is 16.8 Å². The summed E-state index contributed by atoms with van der Waals surface area (Å²) in [6.45, 7) is 1.81. The van der Waals surface area contributed by atoms with Crippen molar-refractivity contribution in [2.75, 3.05) is 11.9 Å². The number of nitrogens with zero attached hydrogens (tertiary/aromatic N) is 1. The number of carboxylic acids is 1. The zero-order chi connectivity index (χ0) is 20.0. The van der Waals surface area contributed by atoms with Crippen LogP contribution in [0.2, 0.25) is 0 Å². The summed E-state index contributed by atoms with van der Waals surface area (Å²) < 4.78 is 19.7. The van der Waals surface area contributed by atoms with E-state index in [1.165, 1.54) is 11.0 Å². The van der Waals surface area contributed by atoms with E-state index in [0.717, 1.165) is 6.07 Å². The van der Waals surface area contributed by atoms with E-state index in [2.05, 4.69) is 5.32 Å². The van der Waals surface area contributed by atoms with Crippen LogP contribution in [0.5, 0.6) is 5.75 Å². The van der Waals surface area contributed by atoms with Crippen LogP contribution in [0.4, 0.5) is 10.1 Å². The van der Waals surface area contributed by atoms with Crippen molar-refractivity contribution < 1.29 is 28.6 Å². The van der Waals surface area contributed by atoms with E-state index >= 15 is 0 Å². The second kappa shape index (κ2) is 6.63. The maximum Gasteiger partial charge on any atom is 0.336 e. The average Bonchev–Trinajstić information content (AvgIpc) is 2.67. The highest BCUT2D eigenvalue weighted by Crippen LogP contribution is 2.35. The Hall–Kier alpha value is -3.42. The van der Waals surface area contributed by atoms with Crippen molar-refractivity contribution in [1.29, 1.82) is 0 Å². The standard InChI is InChI=1S/C20H17FN2O5/c1-10-18(24)22-16-4-2-3-13(17(16)28-10)19(25)23-8-7-11-14(9-23)12(20(26)27)5-6-15(11)21/h2-6,10H,7-9H2,1H3,(H,22,24)(H,26,27). The van der Waals surface area contributed by atoms with Crippen molar-refractivity contribution in [2.45, 2.75) is 26.0 Å². The van der Waals surface area contributed by atoms with Crippen molar-refractivity contribution in [3.63, 3.8) is 0 Å². The molecular formula is C20H17FN2O5. The predicted octanol–water partition coefficient (Wildman–Crippen LogP) is 2.44. The van der Waals surface area contributed by atoms with Gasteiger partial charge in [-0.05, 0) is 48.7 Å². The quantitative estimate of drug-likeness (QED) is 0.829. The summed E-state index contributed by atoms with van der Waals surface area (Å²) in [6, 6.07) is 7.22. The van der Waals surface area contributed by atoms with Gasteiger partial charge in [-0.3, -0.25) is 9.59 Å². The summed E-state index contributed by atoms with van der Waals surface area (Å²) in [6.07, 6.45) is -0.520. The minimum Gasteiger partial charge on any atom is -0.478 e. The third-order valence-corrected chi connectivity index (χ3v) is 5.04. The largest absolute Gasteiger partial charge is 0.478 e. The molecule has 0 spiro atoms. The van der Waals surface area contributed by atoms with E-state index in [9.17, 15) is 23.9 Å². The summed E-state index contributed by atoms with van der Waals surface area (Å²) in [5.41, 5.74) is 1.29. The molecule has 2 aliphatic rings. The number of carboxylic acid groups (broad SMARTS) is 1. The number of hydrogen-bond acceptors (Lipinski definition) is 4. The highest BCUT2D eigenvalue weighted by molar-refractivity contribution is 6.04.